The lowest BCUT2D eigenvalue weighted by atomic mass is 10.3. The smallest absolute Gasteiger partial charge is 0.224 e. The van der Waals surface area contributed by atoms with Crippen molar-refractivity contribution >= 4 is 17.4 Å². The Labute approximate surface area is 111 Å². The van der Waals surface area contributed by atoms with Crippen LogP contribution in [-0.2, 0) is 4.79 Å². The molecule has 0 unspecified atom stereocenters. The average molecular weight is 262 g/mol. The van der Waals surface area contributed by atoms with Crippen molar-refractivity contribution in [2.45, 2.75) is 20.3 Å². The van der Waals surface area contributed by atoms with Crippen LogP contribution in [0.1, 0.15) is 20.3 Å². The summed E-state index contributed by atoms with van der Waals surface area (Å²) >= 11 is 0. The summed E-state index contributed by atoms with van der Waals surface area (Å²) < 4.78 is 1.78. The van der Waals surface area contributed by atoms with Gasteiger partial charge in [0.05, 0.1) is 0 Å². The lowest BCUT2D eigenvalue weighted by molar-refractivity contribution is -0.130. The number of hydrogen-bond donors (Lipinski definition) is 1. The minimum Gasteiger partial charge on any atom is -0.366 e. The predicted molar refractivity (Wildman–Crippen MR) is 71.8 cm³/mol. The summed E-state index contributed by atoms with van der Waals surface area (Å²) in [4.78, 5) is 17.9. The van der Waals surface area contributed by atoms with Crippen LogP contribution in [0, 0.1) is 0 Å². The Hall–Kier alpha value is -2.18. The van der Waals surface area contributed by atoms with Gasteiger partial charge in [-0.2, -0.15) is 0 Å². The van der Waals surface area contributed by atoms with Crippen LogP contribution < -0.4 is 5.32 Å². The maximum Gasteiger partial charge on any atom is 0.224 e. The molecule has 0 aliphatic heterocycles. The predicted octanol–water partition coefficient (Wildman–Crippen LogP) is 0.795. The Morgan fingerprint density at radius 1 is 1.42 bits per heavy atom. The molecule has 0 spiro atoms. The SMILES string of the molecule is CCN(CC)C(=O)CCNc1nccn2cnnc12. The highest BCUT2D eigenvalue weighted by Gasteiger charge is 2.10. The molecule has 0 aromatic carbocycles. The van der Waals surface area contributed by atoms with E-state index in [2.05, 4.69) is 20.5 Å². The summed E-state index contributed by atoms with van der Waals surface area (Å²) in [5, 5.41) is 10.9. The minimum absolute atomic E-state index is 0.144. The standard InChI is InChI=1S/C12H18N6O/c1-3-17(4-2)10(19)5-6-13-11-12-16-15-9-18(12)8-7-14-11/h7-9H,3-6H2,1-2H3,(H,13,14). The molecular formula is C12H18N6O. The first kappa shape index (κ1) is 13.3. The number of aromatic nitrogens is 4. The lowest BCUT2D eigenvalue weighted by Crippen LogP contribution is -2.31. The third kappa shape index (κ3) is 2.98. The zero-order valence-corrected chi connectivity index (χ0v) is 11.2. The Kier molecular flexibility index (Phi) is 4.27. The highest BCUT2D eigenvalue weighted by molar-refractivity contribution is 5.76. The number of anilines is 1. The van der Waals surface area contributed by atoms with Gasteiger partial charge in [-0.05, 0) is 13.8 Å². The fraction of sp³-hybridized carbons (Fsp3) is 0.500. The molecule has 0 saturated heterocycles. The number of nitrogens with one attached hydrogen (secondary N) is 1. The molecule has 0 bridgehead atoms. The molecule has 0 saturated carbocycles. The maximum atomic E-state index is 11.8. The number of hydrogen-bond acceptors (Lipinski definition) is 5. The molecule has 102 valence electrons. The topological polar surface area (TPSA) is 75.4 Å². The van der Waals surface area contributed by atoms with Crippen LogP contribution >= 0.6 is 0 Å². The summed E-state index contributed by atoms with van der Waals surface area (Å²) in [7, 11) is 0. The molecular weight excluding hydrogens is 244 g/mol. The van der Waals surface area contributed by atoms with E-state index in [1.54, 1.807) is 23.1 Å². The van der Waals surface area contributed by atoms with Crippen LogP contribution in [0.15, 0.2) is 18.7 Å². The van der Waals surface area contributed by atoms with Gasteiger partial charge in [-0.15, -0.1) is 10.2 Å². The summed E-state index contributed by atoms with van der Waals surface area (Å²) in [6, 6.07) is 0. The minimum atomic E-state index is 0.144. The van der Waals surface area contributed by atoms with Crippen molar-refractivity contribution in [2.24, 2.45) is 0 Å². The number of rotatable bonds is 6. The van der Waals surface area contributed by atoms with Crippen molar-refractivity contribution in [1.82, 2.24) is 24.5 Å². The number of carbonyl (C=O) groups excluding carboxylic acids is 1. The van der Waals surface area contributed by atoms with E-state index in [0.717, 1.165) is 13.1 Å². The number of fused-ring (bicyclic) bond motifs is 1. The first-order valence-corrected chi connectivity index (χ1v) is 6.42. The Morgan fingerprint density at radius 3 is 2.95 bits per heavy atom. The van der Waals surface area contributed by atoms with Gasteiger partial charge in [-0.1, -0.05) is 0 Å². The van der Waals surface area contributed by atoms with Gasteiger partial charge in [0.1, 0.15) is 6.33 Å². The second kappa shape index (κ2) is 6.12. The van der Waals surface area contributed by atoms with Gasteiger partial charge in [0.15, 0.2) is 5.82 Å². The molecule has 0 radical (unpaired) electrons. The van der Waals surface area contributed by atoms with Gasteiger partial charge in [0.25, 0.3) is 0 Å². The summed E-state index contributed by atoms with van der Waals surface area (Å²) in [6.45, 7) is 5.98. The summed E-state index contributed by atoms with van der Waals surface area (Å²) in [5.41, 5.74) is 0.665. The largest absolute Gasteiger partial charge is 0.366 e. The van der Waals surface area contributed by atoms with Crippen molar-refractivity contribution in [3.63, 3.8) is 0 Å². The maximum absolute atomic E-state index is 11.8. The van der Waals surface area contributed by atoms with Gasteiger partial charge >= 0.3 is 0 Å². The highest BCUT2D eigenvalue weighted by atomic mass is 16.2. The van der Waals surface area contributed by atoms with Crippen molar-refractivity contribution in [3.05, 3.63) is 18.7 Å². The zero-order chi connectivity index (χ0) is 13.7. The molecule has 2 aromatic rings. The normalized spacial score (nSPS) is 10.6. The van der Waals surface area contributed by atoms with Gasteiger partial charge in [-0.3, -0.25) is 9.20 Å². The quantitative estimate of drug-likeness (QED) is 0.833. The fourth-order valence-electron chi connectivity index (χ4n) is 1.91. The second-order valence-electron chi connectivity index (χ2n) is 4.08. The van der Waals surface area contributed by atoms with E-state index in [-0.39, 0.29) is 5.91 Å². The Morgan fingerprint density at radius 2 is 2.21 bits per heavy atom. The Bertz CT molecular complexity index is 548. The van der Waals surface area contributed by atoms with E-state index >= 15 is 0 Å². The van der Waals surface area contributed by atoms with Crippen molar-refractivity contribution < 1.29 is 4.79 Å². The van der Waals surface area contributed by atoms with Crippen LogP contribution in [0.25, 0.3) is 5.65 Å². The van der Waals surface area contributed by atoms with E-state index in [1.807, 2.05) is 18.7 Å². The van der Waals surface area contributed by atoms with E-state index in [0.29, 0.717) is 24.4 Å². The molecule has 1 N–H and O–H groups in total. The monoisotopic (exact) mass is 262 g/mol. The molecule has 19 heavy (non-hydrogen) atoms. The summed E-state index contributed by atoms with van der Waals surface area (Å²) in [6.07, 6.45) is 5.51. The zero-order valence-electron chi connectivity index (χ0n) is 11.2. The van der Waals surface area contributed by atoms with Crippen molar-refractivity contribution in [1.29, 1.82) is 0 Å². The van der Waals surface area contributed by atoms with Gasteiger partial charge in [0, 0.05) is 38.4 Å². The van der Waals surface area contributed by atoms with Crippen LogP contribution in [0.4, 0.5) is 5.82 Å². The molecule has 0 aliphatic carbocycles. The first-order valence-electron chi connectivity index (χ1n) is 6.42. The number of nitrogens with zero attached hydrogens (tertiary/aromatic N) is 5. The second-order valence-corrected chi connectivity index (χ2v) is 4.08. The van der Waals surface area contributed by atoms with Gasteiger partial charge in [0.2, 0.25) is 11.6 Å². The molecule has 0 fully saturated rings. The first-order chi connectivity index (χ1) is 9.26. The molecule has 2 aromatic heterocycles. The molecule has 7 nitrogen and oxygen atoms in total. The van der Waals surface area contributed by atoms with Crippen molar-refractivity contribution in [3.8, 4) is 0 Å². The van der Waals surface area contributed by atoms with E-state index in [9.17, 15) is 4.79 Å². The van der Waals surface area contributed by atoms with Crippen molar-refractivity contribution in [2.75, 3.05) is 25.0 Å². The summed E-state index contributed by atoms with van der Waals surface area (Å²) in [5.74, 6) is 0.790. The molecule has 0 atom stereocenters. The van der Waals surface area contributed by atoms with E-state index in [4.69, 9.17) is 0 Å². The van der Waals surface area contributed by atoms with Crippen LogP contribution in [0.3, 0.4) is 0 Å². The molecule has 7 heteroatoms. The third-order valence-corrected chi connectivity index (χ3v) is 2.96. The van der Waals surface area contributed by atoms with Crippen LogP contribution in [-0.4, -0.2) is 50.0 Å². The Balaban J connectivity index is 1.92. The van der Waals surface area contributed by atoms with Gasteiger partial charge < -0.3 is 10.2 Å². The number of carbonyl (C=O) groups is 1. The highest BCUT2D eigenvalue weighted by Crippen LogP contribution is 2.09. The van der Waals surface area contributed by atoms with E-state index < -0.39 is 0 Å². The van der Waals surface area contributed by atoms with Crippen LogP contribution in [0.2, 0.25) is 0 Å². The molecule has 1 amide bonds. The molecule has 2 rings (SSSR count). The van der Waals surface area contributed by atoms with E-state index in [1.165, 1.54) is 0 Å². The van der Waals surface area contributed by atoms with Crippen LogP contribution in [0.5, 0.6) is 0 Å². The average Bonchev–Trinajstić information content (AvgIpc) is 2.89. The molecule has 0 aliphatic rings. The molecule has 2 heterocycles. The lowest BCUT2D eigenvalue weighted by Gasteiger charge is -2.18. The fourth-order valence-corrected chi connectivity index (χ4v) is 1.91. The van der Waals surface area contributed by atoms with Gasteiger partial charge in [-0.25, -0.2) is 4.98 Å². The third-order valence-electron chi connectivity index (χ3n) is 2.96. The number of amides is 1.